The number of hydrogen-bond donors (Lipinski definition) is 1. The number of thioether (sulfide) groups is 1. The average molecular weight is 257 g/mol. The normalized spacial score (nSPS) is 29.8. The Bertz CT molecular complexity index is 193. The van der Waals surface area contributed by atoms with E-state index >= 15 is 0 Å². The summed E-state index contributed by atoms with van der Waals surface area (Å²) in [6.45, 7) is 10.5. The molecule has 0 aromatic carbocycles. The van der Waals surface area contributed by atoms with Crippen molar-refractivity contribution in [1.29, 1.82) is 0 Å². The van der Waals surface area contributed by atoms with E-state index in [9.17, 15) is 0 Å². The minimum Gasteiger partial charge on any atom is -0.313 e. The van der Waals surface area contributed by atoms with Crippen LogP contribution in [0.3, 0.4) is 0 Å². The van der Waals surface area contributed by atoms with Gasteiger partial charge in [-0.15, -0.1) is 0 Å². The smallest absolute Gasteiger partial charge is 0.0206 e. The van der Waals surface area contributed by atoms with Crippen molar-refractivity contribution in [3.05, 3.63) is 0 Å². The first-order chi connectivity index (χ1) is 8.17. The van der Waals surface area contributed by atoms with Gasteiger partial charge in [-0.25, -0.2) is 0 Å². The van der Waals surface area contributed by atoms with Gasteiger partial charge < -0.3 is 5.32 Å². The van der Waals surface area contributed by atoms with Crippen molar-refractivity contribution in [3.63, 3.8) is 0 Å². The largest absolute Gasteiger partial charge is 0.313 e. The molecule has 0 bridgehead atoms. The highest BCUT2D eigenvalue weighted by atomic mass is 32.2. The van der Waals surface area contributed by atoms with Crippen LogP contribution in [-0.2, 0) is 0 Å². The molecule has 1 N–H and O–H groups in total. The average Bonchev–Trinajstić information content (AvgIpc) is 2.28. The fraction of sp³-hybridized carbons (Fsp3) is 1.00. The van der Waals surface area contributed by atoms with Crippen molar-refractivity contribution in [1.82, 2.24) is 5.32 Å². The van der Waals surface area contributed by atoms with Gasteiger partial charge in [0.2, 0.25) is 0 Å². The van der Waals surface area contributed by atoms with Gasteiger partial charge in [-0.2, -0.15) is 11.8 Å². The van der Waals surface area contributed by atoms with E-state index in [0.717, 1.165) is 22.5 Å². The summed E-state index contributed by atoms with van der Waals surface area (Å²) < 4.78 is 0. The summed E-state index contributed by atoms with van der Waals surface area (Å²) >= 11 is 2.20. The van der Waals surface area contributed by atoms with Crippen LogP contribution in [0.2, 0.25) is 0 Å². The summed E-state index contributed by atoms with van der Waals surface area (Å²) in [5, 5.41) is 5.39. The molecule has 0 amide bonds. The van der Waals surface area contributed by atoms with Crippen molar-refractivity contribution in [2.24, 2.45) is 5.92 Å². The minimum absolute atomic E-state index is 0.770. The summed E-state index contributed by atoms with van der Waals surface area (Å²) in [5.41, 5.74) is 0. The standard InChI is InChI=1S/C15H31NS/c1-5-7-13-8-9-14(16-10-6-2)15(11-13)17-12(3)4/h12-16H,5-11H2,1-4H3. The maximum Gasteiger partial charge on any atom is 0.0206 e. The Kier molecular flexibility index (Phi) is 7.61. The van der Waals surface area contributed by atoms with E-state index in [0.29, 0.717) is 0 Å². The van der Waals surface area contributed by atoms with E-state index < -0.39 is 0 Å². The van der Waals surface area contributed by atoms with E-state index in [-0.39, 0.29) is 0 Å². The topological polar surface area (TPSA) is 12.0 Å². The molecule has 3 atom stereocenters. The molecule has 3 unspecified atom stereocenters. The molecule has 0 aromatic rings. The van der Waals surface area contributed by atoms with Gasteiger partial charge in [-0.3, -0.25) is 0 Å². The van der Waals surface area contributed by atoms with Crippen LogP contribution in [0, 0.1) is 5.92 Å². The Hall–Kier alpha value is 0.310. The van der Waals surface area contributed by atoms with E-state index in [2.05, 4.69) is 44.8 Å². The molecule has 102 valence electrons. The highest BCUT2D eigenvalue weighted by molar-refractivity contribution is 8.00. The van der Waals surface area contributed by atoms with Crippen LogP contribution in [0.25, 0.3) is 0 Å². The van der Waals surface area contributed by atoms with Crippen molar-refractivity contribution in [2.45, 2.75) is 82.8 Å². The molecule has 1 fully saturated rings. The van der Waals surface area contributed by atoms with Crippen LogP contribution < -0.4 is 5.32 Å². The maximum absolute atomic E-state index is 3.77. The second-order valence-corrected chi connectivity index (χ2v) is 7.57. The zero-order chi connectivity index (χ0) is 12.7. The summed E-state index contributed by atoms with van der Waals surface area (Å²) in [4.78, 5) is 0. The van der Waals surface area contributed by atoms with Crippen LogP contribution in [-0.4, -0.2) is 23.1 Å². The molecule has 0 saturated heterocycles. The first-order valence-electron chi connectivity index (χ1n) is 7.56. The van der Waals surface area contributed by atoms with Gasteiger partial charge in [-0.1, -0.05) is 40.5 Å². The summed E-state index contributed by atoms with van der Waals surface area (Å²) in [5.74, 6) is 0.996. The van der Waals surface area contributed by atoms with Gasteiger partial charge in [0.1, 0.15) is 0 Å². The lowest BCUT2D eigenvalue weighted by atomic mass is 9.83. The van der Waals surface area contributed by atoms with Gasteiger partial charge in [-0.05, 0) is 43.4 Å². The molecule has 1 aliphatic rings. The fourth-order valence-electron chi connectivity index (χ4n) is 2.95. The molecule has 2 heteroatoms. The molecular weight excluding hydrogens is 226 g/mol. The number of hydrogen-bond acceptors (Lipinski definition) is 2. The van der Waals surface area contributed by atoms with E-state index in [4.69, 9.17) is 0 Å². The Labute approximate surface area is 113 Å². The lowest BCUT2D eigenvalue weighted by Gasteiger charge is -2.37. The maximum atomic E-state index is 3.77. The molecule has 0 radical (unpaired) electrons. The quantitative estimate of drug-likeness (QED) is 0.722. The molecule has 0 aliphatic heterocycles. The second-order valence-electron chi connectivity index (χ2n) is 5.75. The first-order valence-corrected chi connectivity index (χ1v) is 8.50. The molecule has 1 nitrogen and oxygen atoms in total. The Morgan fingerprint density at radius 3 is 2.53 bits per heavy atom. The second kappa shape index (κ2) is 8.42. The van der Waals surface area contributed by atoms with Crippen LogP contribution >= 0.6 is 11.8 Å². The molecule has 1 aliphatic carbocycles. The summed E-state index contributed by atoms with van der Waals surface area (Å²) in [6.07, 6.45) is 8.35. The van der Waals surface area contributed by atoms with Crippen LogP contribution in [0.1, 0.15) is 66.2 Å². The molecule has 0 heterocycles. The summed E-state index contributed by atoms with van der Waals surface area (Å²) in [6, 6.07) is 0.774. The van der Waals surface area contributed by atoms with Crippen molar-refractivity contribution >= 4 is 11.8 Å². The molecule has 1 saturated carbocycles. The van der Waals surface area contributed by atoms with Crippen LogP contribution in [0.5, 0.6) is 0 Å². The van der Waals surface area contributed by atoms with Crippen molar-refractivity contribution < 1.29 is 0 Å². The zero-order valence-electron chi connectivity index (χ0n) is 12.2. The predicted molar refractivity (Wildman–Crippen MR) is 80.8 cm³/mol. The summed E-state index contributed by atoms with van der Waals surface area (Å²) in [7, 11) is 0. The van der Waals surface area contributed by atoms with Crippen LogP contribution in [0.4, 0.5) is 0 Å². The van der Waals surface area contributed by atoms with Gasteiger partial charge in [0.25, 0.3) is 0 Å². The van der Waals surface area contributed by atoms with Gasteiger partial charge in [0.05, 0.1) is 0 Å². The molecule has 17 heavy (non-hydrogen) atoms. The molecule has 0 aromatic heterocycles. The highest BCUT2D eigenvalue weighted by Gasteiger charge is 2.30. The SMILES string of the molecule is CCCNC1CCC(CCC)CC1SC(C)C. The van der Waals surface area contributed by atoms with Gasteiger partial charge in [0.15, 0.2) is 0 Å². The third-order valence-electron chi connectivity index (χ3n) is 3.70. The van der Waals surface area contributed by atoms with Crippen molar-refractivity contribution in [3.8, 4) is 0 Å². The monoisotopic (exact) mass is 257 g/mol. The Morgan fingerprint density at radius 1 is 1.18 bits per heavy atom. The zero-order valence-corrected chi connectivity index (χ0v) is 13.0. The first kappa shape index (κ1) is 15.4. The van der Waals surface area contributed by atoms with Gasteiger partial charge >= 0.3 is 0 Å². The minimum atomic E-state index is 0.770. The van der Waals surface area contributed by atoms with E-state index in [1.807, 2.05) is 0 Å². The van der Waals surface area contributed by atoms with Gasteiger partial charge in [0, 0.05) is 11.3 Å². The van der Waals surface area contributed by atoms with Crippen LogP contribution in [0.15, 0.2) is 0 Å². The van der Waals surface area contributed by atoms with E-state index in [1.165, 1.54) is 45.1 Å². The highest BCUT2D eigenvalue weighted by Crippen LogP contribution is 2.36. The predicted octanol–water partition coefficient (Wildman–Crippen LogP) is 4.47. The third-order valence-corrected chi connectivity index (χ3v) is 5.12. The number of rotatable bonds is 7. The molecule has 1 rings (SSSR count). The lowest BCUT2D eigenvalue weighted by molar-refractivity contribution is 0.287. The Morgan fingerprint density at radius 2 is 1.94 bits per heavy atom. The Balaban J connectivity index is 2.46. The number of nitrogens with one attached hydrogen (secondary N) is 1. The molecule has 0 spiro atoms. The van der Waals surface area contributed by atoms with Crippen molar-refractivity contribution in [2.75, 3.05) is 6.54 Å². The molecular formula is C15H31NS. The lowest BCUT2D eigenvalue weighted by Crippen LogP contribution is -2.43. The third kappa shape index (κ3) is 5.65. The van der Waals surface area contributed by atoms with E-state index in [1.54, 1.807) is 0 Å². The fourth-order valence-corrected chi connectivity index (χ4v) is 4.45.